The van der Waals surface area contributed by atoms with E-state index < -0.39 is 5.97 Å². The number of anilines is 1. The van der Waals surface area contributed by atoms with Crippen molar-refractivity contribution < 1.29 is 14.7 Å². The van der Waals surface area contributed by atoms with Crippen LogP contribution in [0.1, 0.15) is 5.69 Å². The molecule has 6 nitrogen and oxygen atoms in total. The van der Waals surface area contributed by atoms with E-state index in [1.54, 1.807) is 12.1 Å². The number of carboxylic acid groups (broad SMARTS) is 1. The topological polar surface area (TPSA) is 97.8 Å². The third-order valence-corrected chi connectivity index (χ3v) is 1.40. The van der Waals surface area contributed by atoms with Crippen molar-refractivity contribution in [3.05, 3.63) is 23.9 Å². The van der Waals surface area contributed by atoms with Gasteiger partial charge in [0.15, 0.2) is 0 Å². The van der Waals surface area contributed by atoms with E-state index in [4.69, 9.17) is 10.8 Å². The first kappa shape index (κ1) is 9.97. The van der Waals surface area contributed by atoms with Gasteiger partial charge >= 0.3 is 5.97 Å². The maximum atomic E-state index is 10.7. The summed E-state index contributed by atoms with van der Waals surface area (Å²) in [5, 5.41) is 12.1. The fourth-order valence-corrected chi connectivity index (χ4v) is 0.870. The van der Waals surface area contributed by atoms with Crippen molar-refractivity contribution in [1.82, 2.24) is 4.98 Å². The molecule has 0 aliphatic rings. The molecule has 0 aliphatic carbocycles. The van der Waals surface area contributed by atoms with E-state index in [0.717, 1.165) is 0 Å². The van der Waals surface area contributed by atoms with E-state index in [1.807, 2.05) is 0 Å². The van der Waals surface area contributed by atoms with Crippen LogP contribution in [0.5, 0.6) is 0 Å². The lowest BCUT2D eigenvalue weighted by Crippen LogP contribution is -2.16. The highest BCUT2D eigenvalue weighted by Crippen LogP contribution is 2.02. The minimum Gasteiger partial charge on any atom is -0.476 e. The molecule has 0 atom stereocenters. The number of rotatable bonds is 3. The number of hydrogen-bond donors (Lipinski definition) is 2. The second-order valence-electron chi connectivity index (χ2n) is 2.38. The van der Waals surface area contributed by atoms with E-state index in [-0.39, 0.29) is 17.2 Å². The van der Waals surface area contributed by atoms with Gasteiger partial charge in [0, 0.05) is 0 Å². The molecule has 74 valence electrons. The van der Waals surface area contributed by atoms with Crippen LogP contribution in [0.15, 0.2) is 23.4 Å². The normalized spacial score (nSPS) is 11.1. The number of oxime groups is 1. The molecule has 0 saturated carbocycles. The summed E-state index contributed by atoms with van der Waals surface area (Å²) in [5.41, 5.74) is 5.28. The molecule has 3 N–H and O–H groups in total. The van der Waals surface area contributed by atoms with Crippen LogP contribution in [0.2, 0.25) is 0 Å². The quantitative estimate of drug-likeness (QED) is 0.526. The number of nitrogen functional groups attached to an aromatic ring is 1. The number of nitrogens with zero attached hydrogens (tertiary/aromatic N) is 2. The number of aromatic nitrogens is 1. The zero-order valence-electron chi connectivity index (χ0n) is 7.47. The van der Waals surface area contributed by atoms with Crippen LogP contribution in [0.3, 0.4) is 0 Å². The van der Waals surface area contributed by atoms with E-state index >= 15 is 0 Å². The molecule has 1 aromatic heterocycles. The number of carbonyl (C=O) groups is 1. The van der Waals surface area contributed by atoms with Crippen molar-refractivity contribution in [1.29, 1.82) is 0 Å². The third-order valence-electron chi connectivity index (χ3n) is 1.40. The van der Waals surface area contributed by atoms with Gasteiger partial charge in [0.25, 0.3) is 0 Å². The second kappa shape index (κ2) is 4.22. The Morgan fingerprint density at radius 1 is 1.64 bits per heavy atom. The van der Waals surface area contributed by atoms with Gasteiger partial charge in [-0.3, -0.25) is 0 Å². The fourth-order valence-electron chi connectivity index (χ4n) is 0.870. The molecule has 0 saturated heterocycles. The lowest BCUT2D eigenvalue weighted by Gasteiger charge is -2.00. The number of aliphatic carboxylic acids is 1. The molecule has 0 aromatic carbocycles. The zero-order valence-corrected chi connectivity index (χ0v) is 7.47. The number of nitrogens with two attached hydrogens (primary N) is 1. The molecule has 14 heavy (non-hydrogen) atoms. The van der Waals surface area contributed by atoms with Gasteiger partial charge in [-0.25, -0.2) is 9.78 Å². The summed E-state index contributed by atoms with van der Waals surface area (Å²) in [5.74, 6) is -0.988. The zero-order chi connectivity index (χ0) is 10.6. The van der Waals surface area contributed by atoms with Crippen LogP contribution in [0, 0.1) is 0 Å². The highest BCUT2D eigenvalue weighted by atomic mass is 16.6. The highest BCUT2D eigenvalue weighted by Gasteiger charge is 2.14. The van der Waals surface area contributed by atoms with Crippen LogP contribution in [-0.4, -0.2) is 28.9 Å². The van der Waals surface area contributed by atoms with Gasteiger partial charge in [0.2, 0.25) is 5.71 Å². The molecule has 0 amide bonds. The molecule has 0 bridgehead atoms. The SMILES string of the molecule is CO/N=C(\C(=O)O)c1cccc(N)n1. The van der Waals surface area contributed by atoms with Crippen molar-refractivity contribution in [2.24, 2.45) is 5.16 Å². The van der Waals surface area contributed by atoms with Crippen molar-refractivity contribution >= 4 is 17.5 Å². The molecule has 0 spiro atoms. The Kier molecular flexibility index (Phi) is 3.01. The predicted octanol–water partition coefficient (Wildman–Crippen LogP) is 0.0989. The highest BCUT2D eigenvalue weighted by molar-refractivity contribution is 6.41. The fraction of sp³-hybridized carbons (Fsp3) is 0.125. The van der Waals surface area contributed by atoms with Crippen LogP contribution >= 0.6 is 0 Å². The Morgan fingerprint density at radius 3 is 2.86 bits per heavy atom. The standard InChI is InChI=1S/C8H9N3O3/c1-14-11-7(8(12)13)5-3-2-4-6(9)10-5/h2-4H,1H3,(H2,9,10)(H,12,13)/b11-7-. The monoisotopic (exact) mass is 195 g/mol. The Balaban J connectivity index is 3.12. The molecule has 1 aromatic rings. The van der Waals surface area contributed by atoms with Crippen LogP contribution in [0.4, 0.5) is 5.82 Å². The molecular formula is C8H9N3O3. The Morgan fingerprint density at radius 2 is 2.36 bits per heavy atom. The summed E-state index contributed by atoms with van der Waals surface area (Å²) in [6, 6.07) is 4.63. The van der Waals surface area contributed by atoms with Crippen LogP contribution in [-0.2, 0) is 9.63 Å². The van der Waals surface area contributed by atoms with Crippen molar-refractivity contribution in [3.8, 4) is 0 Å². The first-order valence-electron chi connectivity index (χ1n) is 3.72. The minimum atomic E-state index is -1.22. The van der Waals surface area contributed by atoms with Crippen LogP contribution < -0.4 is 5.73 Å². The smallest absolute Gasteiger partial charge is 0.360 e. The largest absolute Gasteiger partial charge is 0.476 e. The third kappa shape index (κ3) is 2.19. The summed E-state index contributed by atoms with van der Waals surface area (Å²) in [6.07, 6.45) is 0. The van der Waals surface area contributed by atoms with Gasteiger partial charge in [-0.15, -0.1) is 0 Å². The van der Waals surface area contributed by atoms with E-state index in [0.29, 0.717) is 0 Å². The van der Waals surface area contributed by atoms with Crippen molar-refractivity contribution in [2.45, 2.75) is 0 Å². The van der Waals surface area contributed by atoms with Crippen LogP contribution in [0.25, 0.3) is 0 Å². The second-order valence-corrected chi connectivity index (χ2v) is 2.38. The molecule has 0 fully saturated rings. The summed E-state index contributed by atoms with van der Waals surface area (Å²) < 4.78 is 0. The molecule has 0 aliphatic heterocycles. The summed E-state index contributed by atoms with van der Waals surface area (Å²) in [6.45, 7) is 0. The van der Waals surface area contributed by atoms with Gasteiger partial charge in [-0.2, -0.15) is 0 Å². The van der Waals surface area contributed by atoms with Crippen molar-refractivity contribution in [3.63, 3.8) is 0 Å². The number of pyridine rings is 1. The molecule has 0 radical (unpaired) electrons. The first-order valence-corrected chi connectivity index (χ1v) is 3.72. The van der Waals surface area contributed by atoms with Gasteiger partial charge in [-0.05, 0) is 12.1 Å². The molecule has 0 unspecified atom stereocenters. The predicted molar refractivity (Wildman–Crippen MR) is 49.8 cm³/mol. The average molecular weight is 195 g/mol. The molecular weight excluding hydrogens is 186 g/mol. The number of carboxylic acids is 1. The average Bonchev–Trinajstić information content (AvgIpc) is 2.13. The molecule has 6 heteroatoms. The van der Waals surface area contributed by atoms with E-state index in [1.165, 1.54) is 13.2 Å². The minimum absolute atomic E-state index is 0.166. The van der Waals surface area contributed by atoms with Gasteiger partial charge in [-0.1, -0.05) is 11.2 Å². The van der Waals surface area contributed by atoms with Gasteiger partial charge in [0.05, 0.1) is 0 Å². The Bertz CT molecular complexity index is 376. The number of hydrogen-bond acceptors (Lipinski definition) is 5. The lowest BCUT2D eigenvalue weighted by molar-refractivity contribution is -0.129. The Hall–Kier alpha value is -2.11. The summed E-state index contributed by atoms with van der Waals surface area (Å²) in [7, 11) is 1.26. The summed E-state index contributed by atoms with van der Waals surface area (Å²) >= 11 is 0. The molecule has 1 heterocycles. The lowest BCUT2D eigenvalue weighted by atomic mass is 10.2. The van der Waals surface area contributed by atoms with Gasteiger partial charge in [0.1, 0.15) is 18.6 Å². The van der Waals surface area contributed by atoms with Crippen molar-refractivity contribution in [2.75, 3.05) is 12.8 Å². The molecule has 1 rings (SSSR count). The van der Waals surface area contributed by atoms with E-state index in [9.17, 15) is 4.79 Å². The van der Waals surface area contributed by atoms with Gasteiger partial charge < -0.3 is 15.7 Å². The maximum Gasteiger partial charge on any atom is 0.360 e. The maximum absolute atomic E-state index is 10.7. The summed E-state index contributed by atoms with van der Waals surface area (Å²) in [4.78, 5) is 18.9. The Labute approximate surface area is 80.0 Å². The van der Waals surface area contributed by atoms with E-state index in [2.05, 4.69) is 15.0 Å². The first-order chi connectivity index (χ1) is 6.65.